The quantitative estimate of drug-likeness (QED) is 0.197. The second kappa shape index (κ2) is 12.0. The lowest BCUT2D eigenvalue weighted by atomic mass is 9.92. The molecule has 4 aromatic carbocycles. The molecule has 0 aliphatic carbocycles. The fourth-order valence-electron chi connectivity index (χ4n) is 4.47. The predicted molar refractivity (Wildman–Crippen MR) is 139 cm³/mol. The summed E-state index contributed by atoms with van der Waals surface area (Å²) in [6.45, 7) is 0. The van der Waals surface area contributed by atoms with E-state index >= 15 is 0 Å². The Labute approximate surface area is 242 Å². The lowest BCUT2D eigenvalue weighted by Crippen LogP contribution is -2.26. The number of benzene rings is 4. The van der Waals surface area contributed by atoms with Gasteiger partial charge in [0.05, 0.1) is 34.3 Å². The van der Waals surface area contributed by atoms with Crippen LogP contribution in [0.2, 0.25) is 0 Å². The highest BCUT2D eigenvalue weighted by molar-refractivity contribution is 5.56. The first-order valence-corrected chi connectivity index (χ1v) is 12.5. The monoisotopic (exact) mass is 636 g/mol. The Morgan fingerprint density at radius 2 is 0.614 bits per heavy atom. The molecule has 0 aromatic heterocycles. The normalized spacial score (nSPS) is 14.2. The van der Waals surface area contributed by atoms with Gasteiger partial charge in [-0.2, -0.15) is 52.7 Å². The molecule has 4 aromatic rings. The Balaban J connectivity index is 1.91. The third-order valence-electron chi connectivity index (χ3n) is 6.47. The number of anilines is 2. The van der Waals surface area contributed by atoms with Crippen LogP contribution >= 0.6 is 0 Å². The van der Waals surface area contributed by atoms with Crippen LogP contribution < -0.4 is 10.6 Å². The summed E-state index contributed by atoms with van der Waals surface area (Å²) in [6, 6.07) is 13.8. The lowest BCUT2D eigenvalue weighted by Gasteiger charge is -2.32. The molecule has 2 nitrogen and oxygen atoms in total. The van der Waals surface area contributed by atoms with Crippen molar-refractivity contribution >= 4 is 11.4 Å². The summed E-state index contributed by atoms with van der Waals surface area (Å²) in [5.74, 6) is 0. The van der Waals surface area contributed by atoms with Crippen LogP contribution in [0.15, 0.2) is 97.1 Å². The Hall–Kier alpha value is -4.36. The number of nitrogens with one attached hydrogen (secondary N) is 2. The van der Waals surface area contributed by atoms with Gasteiger partial charge in [-0.3, -0.25) is 0 Å². The van der Waals surface area contributed by atoms with Crippen molar-refractivity contribution in [1.82, 2.24) is 0 Å². The molecule has 0 heterocycles. The van der Waals surface area contributed by atoms with Crippen molar-refractivity contribution in [2.45, 2.75) is 36.8 Å². The van der Waals surface area contributed by atoms with Gasteiger partial charge in [-0.25, -0.2) is 0 Å². The second-order valence-electron chi connectivity index (χ2n) is 9.65. The van der Waals surface area contributed by atoms with Crippen molar-refractivity contribution in [2.24, 2.45) is 0 Å². The number of hydrogen-bond acceptors (Lipinski definition) is 2. The summed E-state index contributed by atoms with van der Waals surface area (Å²) in [5, 5.41) is 5.24. The molecule has 0 aliphatic rings. The molecule has 4 rings (SSSR count). The third kappa shape index (κ3) is 7.97. The molecule has 0 aliphatic heterocycles. The zero-order chi connectivity index (χ0) is 32.5. The molecule has 0 amide bonds. The van der Waals surface area contributed by atoms with Crippen LogP contribution in [0.25, 0.3) is 0 Å². The fraction of sp³-hybridized carbons (Fsp3) is 0.200. The van der Waals surface area contributed by atoms with Crippen LogP contribution in [-0.4, -0.2) is 0 Å². The van der Waals surface area contributed by atoms with Gasteiger partial charge < -0.3 is 10.6 Å². The van der Waals surface area contributed by atoms with Crippen LogP contribution in [0, 0.1) is 0 Å². The molecule has 0 saturated heterocycles. The highest BCUT2D eigenvalue weighted by Crippen LogP contribution is 2.42. The zero-order valence-electron chi connectivity index (χ0n) is 21.9. The smallest absolute Gasteiger partial charge is 0.376 e. The first kappa shape index (κ1) is 32.6. The van der Waals surface area contributed by atoms with E-state index in [9.17, 15) is 52.7 Å². The molecule has 0 saturated carbocycles. The van der Waals surface area contributed by atoms with Crippen molar-refractivity contribution in [3.05, 3.63) is 130 Å². The number of alkyl halides is 12. The Morgan fingerprint density at radius 3 is 0.841 bits per heavy atom. The molecule has 0 radical (unpaired) electrons. The first-order valence-electron chi connectivity index (χ1n) is 12.5. The fourth-order valence-corrected chi connectivity index (χ4v) is 4.47. The molecule has 0 unspecified atom stereocenters. The van der Waals surface area contributed by atoms with E-state index in [4.69, 9.17) is 0 Å². The van der Waals surface area contributed by atoms with E-state index in [-0.39, 0.29) is 23.3 Å². The van der Waals surface area contributed by atoms with Gasteiger partial charge in [-0.05, 0) is 47.5 Å². The van der Waals surface area contributed by atoms with E-state index in [0.717, 1.165) is 0 Å². The summed E-state index contributed by atoms with van der Waals surface area (Å²) in [7, 11) is 0. The van der Waals surface area contributed by atoms with E-state index in [1.54, 1.807) is 12.1 Å². The SMILES string of the molecule is FC(F)(F)c1cc(N[C@H](c2ccccc2)[C@H](Nc2cc(C(F)(F)F)cc(C(F)(F)F)c2)c2ccccc2)cc(C(F)(F)F)c1. The molecule has 44 heavy (non-hydrogen) atoms. The molecule has 234 valence electrons. The van der Waals surface area contributed by atoms with Crippen LogP contribution in [0.1, 0.15) is 45.5 Å². The van der Waals surface area contributed by atoms with E-state index in [2.05, 4.69) is 10.6 Å². The van der Waals surface area contributed by atoms with E-state index in [1.807, 2.05) is 0 Å². The van der Waals surface area contributed by atoms with Crippen molar-refractivity contribution in [3.63, 3.8) is 0 Å². The maximum absolute atomic E-state index is 13.6. The highest BCUT2D eigenvalue weighted by Gasteiger charge is 2.39. The number of rotatable bonds is 7. The number of halogens is 12. The van der Waals surface area contributed by atoms with Gasteiger partial charge in [0.15, 0.2) is 0 Å². The molecule has 0 fully saturated rings. The van der Waals surface area contributed by atoms with Crippen molar-refractivity contribution in [2.75, 3.05) is 10.6 Å². The summed E-state index contributed by atoms with van der Waals surface area (Å²) in [4.78, 5) is 0. The molecule has 0 spiro atoms. The minimum absolute atomic E-state index is 0.0725. The summed E-state index contributed by atoms with van der Waals surface area (Å²) < 4.78 is 163. The molecule has 2 atom stereocenters. The minimum Gasteiger partial charge on any atom is -0.376 e. The predicted octanol–water partition coefficient (Wildman–Crippen LogP) is 10.8. The van der Waals surface area contributed by atoms with Gasteiger partial charge in [-0.1, -0.05) is 60.7 Å². The first-order chi connectivity index (χ1) is 20.3. The molecule has 2 N–H and O–H groups in total. The maximum atomic E-state index is 13.6. The summed E-state index contributed by atoms with van der Waals surface area (Å²) in [6.07, 6.45) is -20.7. The van der Waals surface area contributed by atoms with E-state index < -0.39 is 70.4 Å². The van der Waals surface area contributed by atoms with E-state index in [0.29, 0.717) is 24.3 Å². The maximum Gasteiger partial charge on any atom is 0.416 e. The van der Waals surface area contributed by atoms with Gasteiger partial charge in [0.25, 0.3) is 0 Å². The molecule has 14 heteroatoms. The van der Waals surface area contributed by atoms with Gasteiger partial charge >= 0.3 is 24.7 Å². The topological polar surface area (TPSA) is 24.1 Å². The average Bonchev–Trinajstić information content (AvgIpc) is 2.93. The van der Waals surface area contributed by atoms with Crippen molar-refractivity contribution < 1.29 is 52.7 Å². The summed E-state index contributed by atoms with van der Waals surface area (Å²) >= 11 is 0. The minimum atomic E-state index is -5.18. The van der Waals surface area contributed by atoms with Gasteiger partial charge in [0, 0.05) is 11.4 Å². The van der Waals surface area contributed by atoms with Gasteiger partial charge in [-0.15, -0.1) is 0 Å². The summed E-state index contributed by atoms with van der Waals surface area (Å²) in [5.41, 5.74) is -7.33. The highest BCUT2D eigenvalue weighted by atomic mass is 19.4. The van der Waals surface area contributed by atoms with E-state index in [1.165, 1.54) is 48.5 Å². The standard InChI is InChI=1S/C30H20F12N2/c31-27(32,33)19-11-20(28(34,35)36)14-23(13-19)43-25(17-7-3-1-4-8-17)26(18-9-5-2-6-10-18)44-24-15-21(29(37,38)39)12-22(16-24)30(40,41)42/h1-16,25-26,43-44H/t25-,26-/m1/s1. The Kier molecular flexibility index (Phi) is 8.85. The van der Waals surface area contributed by atoms with Crippen molar-refractivity contribution in [1.29, 1.82) is 0 Å². The van der Waals surface area contributed by atoms with Crippen LogP contribution in [0.3, 0.4) is 0 Å². The Morgan fingerprint density at radius 1 is 0.364 bits per heavy atom. The third-order valence-corrected chi connectivity index (χ3v) is 6.47. The van der Waals surface area contributed by atoms with Crippen LogP contribution in [0.5, 0.6) is 0 Å². The largest absolute Gasteiger partial charge is 0.416 e. The van der Waals surface area contributed by atoms with Gasteiger partial charge in [0.2, 0.25) is 0 Å². The van der Waals surface area contributed by atoms with Crippen LogP contribution in [-0.2, 0) is 24.7 Å². The average molecular weight is 636 g/mol. The zero-order valence-corrected chi connectivity index (χ0v) is 21.9. The lowest BCUT2D eigenvalue weighted by molar-refractivity contribution is -0.144. The molecule has 0 bridgehead atoms. The molecular weight excluding hydrogens is 616 g/mol. The second-order valence-corrected chi connectivity index (χ2v) is 9.65. The van der Waals surface area contributed by atoms with Crippen LogP contribution in [0.4, 0.5) is 64.1 Å². The van der Waals surface area contributed by atoms with Gasteiger partial charge in [0.1, 0.15) is 0 Å². The van der Waals surface area contributed by atoms with Crippen molar-refractivity contribution in [3.8, 4) is 0 Å². The molecular formula is C30H20F12N2. The number of hydrogen-bond donors (Lipinski definition) is 2. The Bertz CT molecular complexity index is 1370.